The van der Waals surface area contributed by atoms with Crippen molar-refractivity contribution in [1.82, 2.24) is 0 Å². The van der Waals surface area contributed by atoms with Crippen molar-refractivity contribution in [3.05, 3.63) is 48.3 Å². The standard InChI is InChI=1S/C17H17FN2O6S2/c1-11-10-27(22,23)20(17(11)21)14-6-7-15(26-2)16(9-14)28(24,25)19-13-5-3-4-12(18)8-13/h3-9,11,19H,10H2,1-2H3. The van der Waals surface area contributed by atoms with Crippen LogP contribution in [0.25, 0.3) is 0 Å². The van der Waals surface area contributed by atoms with Crippen molar-refractivity contribution in [3.63, 3.8) is 0 Å². The molecule has 0 bridgehead atoms. The minimum absolute atomic E-state index is 0.0223. The van der Waals surface area contributed by atoms with Gasteiger partial charge in [-0.25, -0.2) is 25.5 Å². The molecule has 1 fully saturated rings. The van der Waals surface area contributed by atoms with Crippen LogP contribution in [0.3, 0.4) is 0 Å². The molecule has 1 unspecified atom stereocenters. The molecule has 1 amide bonds. The van der Waals surface area contributed by atoms with Crippen molar-refractivity contribution >= 4 is 37.3 Å². The second-order valence-corrected chi connectivity index (χ2v) is 9.75. The summed E-state index contributed by atoms with van der Waals surface area (Å²) in [4.78, 5) is 11.9. The summed E-state index contributed by atoms with van der Waals surface area (Å²) in [6, 6.07) is 8.40. The van der Waals surface area contributed by atoms with E-state index < -0.39 is 37.7 Å². The molecule has 0 saturated carbocycles. The predicted octanol–water partition coefficient (Wildman–Crippen LogP) is 1.95. The Kier molecular flexibility index (Phi) is 5.06. The number of benzene rings is 2. The van der Waals surface area contributed by atoms with E-state index in [0.717, 1.165) is 18.2 Å². The van der Waals surface area contributed by atoms with E-state index in [4.69, 9.17) is 4.74 Å². The van der Waals surface area contributed by atoms with Gasteiger partial charge in [-0.2, -0.15) is 0 Å². The first-order chi connectivity index (χ1) is 13.0. The molecule has 28 heavy (non-hydrogen) atoms. The highest BCUT2D eigenvalue weighted by atomic mass is 32.2. The summed E-state index contributed by atoms with van der Waals surface area (Å²) in [6.45, 7) is 1.48. The molecule has 0 spiro atoms. The van der Waals surface area contributed by atoms with Crippen LogP contribution >= 0.6 is 0 Å². The number of rotatable bonds is 5. The molecular weight excluding hydrogens is 411 g/mol. The van der Waals surface area contributed by atoms with E-state index in [1.54, 1.807) is 0 Å². The highest BCUT2D eigenvalue weighted by Gasteiger charge is 2.42. The van der Waals surface area contributed by atoms with Gasteiger partial charge in [0.1, 0.15) is 16.5 Å². The molecule has 1 aliphatic rings. The van der Waals surface area contributed by atoms with Crippen LogP contribution in [0, 0.1) is 11.7 Å². The Morgan fingerprint density at radius 3 is 2.50 bits per heavy atom. The smallest absolute Gasteiger partial charge is 0.265 e. The fourth-order valence-corrected chi connectivity index (χ4v) is 5.90. The lowest BCUT2D eigenvalue weighted by Crippen LogP contribution is -2.30. The molecule has 1 aliphatic heterocycles. The van der Waals surface area contributed by atoms with Crippen LogP contribution in [-0.4, -0.2) is 35.6 Å². The van der Waals surface area contributed by atoms with Crippen molar-refractivity contribution in [2.45, 2.75) is 11.8 Å². The number of amides is 1. The van der Waals surface area contributed by atoms with Gasteiger partial charge in [0.2, 0.25) is 15.9 Å². The van der Waals surface area contributed by atoms with Gasteiger partial charge in [-0.15, -0.1) is 0 Å². The van der Waals surface area contributed by atoms with E-state index >= 15 is 0 Å². The third-order valence-electron chi connectivity index (χ3n) is 4.11. The maximum atomic E-state index is 13.4. The van der Waals surface area contributed by atoms with E-state index in [1.165, 1.54) is 38.3 Å². The Hall–Kier alpha value is -2.66. The van der Waals surface area contributed by atoms with Crippen LogP contribution in [0.2, 0.25) is 0 Å². The number of sulfonamides is 2. The number of hydrogen-bond acceptors (Lipinski definition) is 6. The molecule has 0 aromatic heterocycles. The molecule has 0 radical (unpaired) electrons. The highest BCUT2D eigenvalue weighted by Crippen LogP contribution is 2.34. The Labute approximate surface area is 162 Å². The van der Waals surface area contributed by atoms with Crippen molar-refractivity contribution in [2.24, 2.45) is 5.92 Å². The number of nitrogens with one attached hydrogen (secondary N) is 1. The zero-order valence-corrected chi connectivity index (χ0v) is 16.6. The van der Waals surface area contributed by atoms with Gasteiger partial charge in [-0.3, -0.25) is 9.52 Å². The molecular formula is C17H17FN2O6S2. The summed E-state index contributed by atoms with van der Waals surface area (Å²) in [7, 11) is -6.93. The summed E-state index contributed by atoms with van der Waals surface area (Å²) in [5.74, 6) is -2.45. The zero-order chi connectivity index (χ0) is 20.7. The van der Waals surface area contributed by atoms with Gasteiger partial charge in [0.15, 0.2) is 0 Å². The van der Waals surface area contributed by atoms with Gasteiger partial charge in [0.25, 0.3) is 10.0 Å². The summed E-state index contributed by atoms with van der Waals surface area (Å²) >= 11 is 0. The van der Waals surface area contributed by atoms with Crippen LogP contribution < -0.4 is 13.8 Å². The Morgan fingerprint density at radius 2 is 1.93 bits per heavy atom. The molecule has 3 rings (SSSR count). The normalized spacial score (nSPS) is 18.9. The van der Waals surface area contributed by atoms with Crippen LogP contribution in [0.4, 0.5) is 15.8 Å². The number of carbonyl (C=O) groups is 1. The molecule has 1 atom stereocenters. The summed E-state index contributed by atoms with van der Waals surface area (Å²) in [6.07, 6.45) is 0. The van der Waals surface area contributed by atoms with Gasteiger partial charge in [-0.1, -0.05) is 13.0 Å². The van der Waals surface area contributed by atoms with E-state index in [9.17, 15) is 26.0 Å². The first-order valence-electron chi connectivity index (χ1n) is 8.08. The number of nitrogens with zero attached hydrogens (tertiary/aromatic N) is 1. The highest BCUT2D eigenvalue weighted by molar-refractivity contribution is 7.94. The Morgan fingerprint density at radius 1 is 1.21 bits per heavy atom. The second kappa shape index (κ2) is 7.06. The van der Waals surface area contributed by atoms with Crippen LogP contribution in [0.5, 0.6) is 5.75 Å². The van der Waals surface area contributed by atoms with E-state index in [1.807, 2.05) is 0 Å². The fourth-order valence-electron chi connectivity index (χ4n) is 2.85. The predicted molar refractivity (Wildman–Crippen MR) is 101 cm³/mol. The van der Waals surface area contributed by atoms with Crippen molar-refractivity contribution in [2.75, 3.05) is 21.9 Å². The maximum absolute atomic E-state index is 13.4. The molecule has 2 aromatic carbocycles. The zero-order valence-electron chi connectivity index (χ0n) is 14.9. The third-order valence-corrected chi connectivity index (χ3v) is 7.38. The minimum atomic E-state index is -4.27. The molecule has 8 nitrogen and oxygen atoms in total. The molecule has 2 aromatic rings. The lowest BCUT2D eigenvalue weighted by Gasteiger charge is -2.18. The SMILES string of the molecule is COc1ccc(N2C(=O)C(C)CS2(=O)=O)cc1S(=O)(=O)Nc1cccc(F)c1. The number of halogens is 1. The molecule has 11 heteroatoms. The van der Waals surface area contributed by atoms with E-state index in [0.29, 0.717) is 4.31 Å². The molecule has 1 N–H and O–H groups in total. The lowest BCUT2D eigenvalue weighted by atomic mass is 10.2. The largest absolute Gasteiger partial charge is 0.495 e. The average Bonchev–Trinajstić information content (AvgIpc) is 2.81. The maximum Gasteiger partial charge on any atom is 0.265 e. The van der Waals surface area contributed by atoms with Crippen molar-refractivity contribution < 1.29 is 30.8 Å². The molecule has 1 heterocycles. The summed E-state index contributed by atoms with van der Waals surface area (Å²) in [5.41, 5.74) is -0.138. The lowest BCUT2D eigenvalue weighted by molar-refractivity contribution is -0.119. The van der Waals surface area contributed by atoms with Gasteiger partial charge < -0.3 is 4.74 Å². The molecule has 150 valence electrons. The van der Waals surface area contributed by atoms with E-state index in [-0.39, 0.29) is 27.8 Å². The number of hydrogen-bond donors (Lipinski definition) is 1. The summed E-state index contributed by atoms with van der Waals surface area (Å²) in [5, 5.41) is 0. The molecule has 0 aliphatic carbocycles. The van der Waals surface area contributed by atoms with Crippen molar-refractivity contribution in [1.29, 1.82) is 0 Å². The van der Waals surface area contributed by atoms with Crippen molar-refractivity contribution in [3.8, 4) is 5.75 Å². The van der Waals surface area contributed by atoms with Crippen LogP contribution in [0.1, 0.15) is 6.92 Å². The van der Waals surface area contributed by atoms with E-state index in [2.05, 4.69) is 4.72 Å². The first kappa shape index (κ1) is 20.1. The van der Waals surface area contributed by atoms with Crippen LogP contribution in [0.15, 0.2) is 47.4 Å². The van der Waals surface area contributed by atoms with Crippen LogP contribution in [-0.2, 0) is 24.8 Å². The second-order valence-electron chi connectivity index (χ2n) is 6.23. The molecule has 1 saturated heterocycles. The van der Waals surface area contributed by atoms with Gasteiger partial charge in [-0.05, 0) is 36.4 Å². The van der Waals surface area contributed by atoms with Gasteiger partial charge in [0, 0.05) is 0 Å². The quantitative estimate of drug-likeness (QED) is 0.780. The Balaban J connectivity index is 2.08. The number of methoxy groups -OCH3 is 1. The number of ether oxygens (including phenoxy) is 1. The number of carbonyl (C=O) groups excluding carboxylic acids is 1. The number of anilines is 2. The average molecular weight is 428 g/mol. The van der Waals surface area contributed by atoms with Gasteiger partial charge in [0.05, 0.1) is 30.2 Å². The monoisotopic (exact) mass is 428 g/mol. The first-order valence-corrected chi connectivity index (χ1v) is 11.2. The Bertz CT molecular complexity index is 1150. The third kappa shape index (κ3) is 3.67. The summed E-state index contributed by atoms with van der Waals surface area (Å²) < 4.78 is 71.4. The topological polar surface area (TPSA) is 110 Å². The minimum Gasteiger partial charge on any atom is -0.495 e. The fraction of sp³-hybridized carbons (Fsp3) is 0.235. The van der Waals surface area contributed by atoms with Gasteiger partial charge >= 0.3 is 0 Å².